The number of methoxy groups -OCH3 is 1. The van der Waals surface area contributed by atoms with Crippen molar-refractivity contribution in [2.75, 3.05) is 46.5 Å². The van der Waals surface area contributed by atoms with Crippen molar-refractivity contribution in [3.8, 4) is 5.75 Å². The Labute approximate surface area is 221 Å². The Morgan fingerprint density at radius 1 is 1.05 bits per heavy atom. The predicted octanol–water partition coefficient (Wildman–Crippen LogP) is 2.94. The summed E-state index contributed by atoms with van der Waals surface area (Å²) >= 11 is 0. The SMILES string of the molecule is COC(=O)c1ccc([C@H]2/C(=C(\O)c3ccc4c(c3)C[C@@H](C)O4)C(=O)C(=O)N2CCCN2CCOCC2)cc1. The molecule has 0 spiro atoms. The van der Waals surface area contributed by atoms with Crippen LogP contribution in [0.25, 0.3) is 5.76 Å². The second-order valence-electron chi connectivity index (χ2n) is 9.87. The molecule has 2 saturated heterocycles. The van der Waals surface area contributed by atoms with Gasteiger partial charge < -0.3 is 24.2 Å². The van der Waals surface area contributed by atoms with Gasteiger partial charge in [-0.05, 0) is 54.8 Å². The van der Waals surface area contributed by atoms with E-state index >= 15 is 0 Å². The minimum Gasteiger partial charge on any atom is -0.507 e. The average molecular weight is 521 g/mol. The summed E-state index contributed by atoms with van der Waals surface area (Å²) in [5, 5.41) is 11.4. The maximum Gasteiger partial charge on any atom is 0.337 e. The lowest BCUT2D eigenvalue weighted by atomic mass is 9.94. The lowest BCUT2D eigenvalue weighted by molar-refractivity contribution is -0.140. The molecule has 9 nitrogen and oxygen atoms in total. The molecule has 2 fully saturated rings. The summed E-state index contributed by atoms with van der Waals surface area (Å²) in [5.74, 6) is -1.31. The Balaban J connectivity index is 1.49. The van der Waals surface area contributed by atoms with Crippen molar-refractivity contribution in [3.05, 3.63) is 70.3 Å². The first-order chi connectivity index (χ1) is 18.4. The number of likely N-dealkylation sites (tertiary alicyclic amines) is 1. The second-order valence-corrected chi connectivity index (χ2v) is 9.87. The van der Waals surface area contributed by atoms with Crippen molar-refractivity contribution in [1.82, 2.24) is 9.80 Å². The van der Waals surface area contributed by atoms with E-state index in [0.29, 0.717) is 49.3 Å². The quantitative estimate of drug-likeness (QED) is 0.257. The molecule has 200 valence electrons. The van der Waals surface area contributed by atoms with Crippen molar-refractivity contribution in [1.29, 1.82) is 0 Å². The number of esters is 1. The third-order valence-corrected chi connectivity index (χ3v) is 7.33. The number of hydrogen-bond acceptors (Lipinski definition) is 8. The van der Waals surface area contributed by atoms with Crippen LogP contribution >= 0.6 is 0 Å². The van der Waals surface area contributed by atoms with Crippen molar-refractivity contribution in [2.45, 2.75) is 31.9 Å². The van der Waals surface area contributed by atoms with Crippen LogP contribution in [0.2, 0.25) is 0 Å². The van der Waals surface area contributed by atoms with Gasteiger partial charge in [-0.15, -0.1) is 0 Å². The molecular weight excluding hydrogens is 488 g/mol. The van der Waals surface area contributed by atoms with Crippen molar-refractivity contribution >= 4 is 23.4 Å². The van der Waals surface area contributed by atoms with Gasteiger partial charge >= 0.3 is 5.97 Å². The fourth-order valence-corrected chi connectivity index (χ4v) is 5.39. The Kier molecular flexibility index (Phi) is 7.49. The molecule has 0 aliphatic carbocycles. The number of rotatable bonds is 7. The fraction of sp³-hybridized carbons (Fsp3) is 0.414. The summed E-state index contributed by atoms with van der Waals surface area (Å²) in [6.07, 6.45) is 1.40. The van der Waals surface area contributed by atoms with Crippen LogP contribution in [0.1, 0.15) is 46.4 Å². The lowest BCUT2D eigenvalue weighted by Gasteiger charge is -2.29. The van der Waals surface area contributed by atoms with E-state index < -0.39 is 23.7 Å². The number of morpholine rings is 1. The summed E-state index contributed by atoms with van der Waals surface area (Å²) in [6.45, 7) is 6.11. The van der Waals surface area contributed by atoms with E-state index in [-0.39, 0.29) is 17.4 Å². The van der Waals surface area contributed by atoms with Gasteiger partial charge in [0.2, 0.25) is 0 Å². The summed E-state index contributed by atoms with van der Waals surface area (Å²) in [6, 6.07) is 11.1. The van der Waals surface area contributed by atoms with E-state index in [4.69, 9.17) is 14.2 Å². The van der Waals surface area contributed by atoms with Gasteiger partial charge in [-0.3, -0.25) is 14.5 Å². The van der Waals surface area contributed by atoms with E-state index in [1.54, 1.807) is 36.4 Å². The van der Waals surface area contributed by atoms with Crippen LogP contribution in [0, 0.1) is 0 Å². The lowest BCUT2D eigenvalue weighted by Crippen LogP contribution is -2.39. The van der Waals surface area contributed by atoms with E-state index in [2.05, 4.69) is 4.90 Å². The molecule has 0 saturated carbocycles. The number of ether oxygens (including phenoxy) is 3. The number of carbonyl (C=O) groups is 3. The van der Waals surface area contributed by atoms with Crippen LogP contribution in [-0.2, 0) is 25.5 Å². The number of nitrogens with zero attached hydrogens (tertiary/aromatic N) is 2. The number of fused-ring (bicyclic) bond motifs is 1. The van der Waals surface area contributed by atoms with Gasteiger partial charge in [0.25, 0.3) is 11.7 Å². The normalized spacial score (nSPS) is 22.8. The zero-order valence-electron chi connectivity index (χ0n) is 21.6. The van der Waals surface area contributed by atoms with Crippen LogP contribution < -0.4 is 4.74 Å². The zero-order valence-corrected chi connectivity index (χ0v) is 21.6. The fourth-order valence-electron chi connectivity index (χ4n) is 5.39. The van der Waals surface area contributed by atoms with Gasteiger partial charge in [-0.25, -0.2) is 4.79 Å². The first-order valence-corrected chi connectivity index (χ1v) is 12.9. The van der Waals surface area contributed by atoms with Crippen LogP contribution in [-0.4, -0.2) is 85.2 Å². The number of aliphatic hydroxyl groups is 1. The Hall–Kier alpha value is -3.69. The van der Waals surface area contributed by atoms with Crippen molar-refractivity contribution in [2.24, 2.45) is 0 Å². The van der Waals surface area contributed by atoms with Crippen LogP contribution in [0.5, 0.6) is 5.75 Å². The average Bonchev–Trinajstić information content (AvgIpc) is 3.44. The summed E-state index contributed by atoms with van der Waals surface area (Å²) in [5.41, 5.74) is 2.43. The standard InChI is InChI=1S/C29H32N2O7/c1-18-16-22-17-21(8-9-23(22)38-18)26(32)24-25(19-4-6-20(7-5-19)29(35)36-2)31(28(34)27(24)33)11-3-10-30-12-14-37-15-13-30/h4-9,17-18,25,32H,3,10-16H2,1-2H3/b26-24+/t18-,25+/m1/s1. The molecule has 1 N–H and O–H groups in total. The predicted molar refractivity (Wildman–Crippen MR) is 139 cm³/mol. The van der Waals surface area contributed by atoms with Crippen LogP contribution in [0.4, 0.5) is 0 Å². The van der Waals surface area contributed by atoms with E-state index in [9.17, 15) is 19.5 Å². The van der Waals surface area contributed by atoms with Crippen LogP contribution in [0.3, 0.4) is 0 Å². The molecule has 1 amide bonds. The van der Waals surface area contributed by atoms with Gasteiger partial charge in [0, 0.05) is 38.2 Å². The third-order valence-electron chi connectivity index (χ3n) is 7.33. The molecule has 0 aromatic heterocycles. The minimum absolute atomic E-state index is 0.0350. The smallest absolute Gasteiger partial charge is 0.337 e. The molecule has 3 aliphatic rings. The topological polar surface area (TPSA) is 106 Å². The molecule has 2 aromatic carbocycles. The zero-order chi connectivity index (χ0) is 26.8. The van der Waals surface area contributed by atoms with Crippen LogP contribution in [0.15, 0.2) is 48.0 Å². The number of hydrogen-bond donors (Lipinski definition) is 1. The number of ketones is 1. The first-order valence-electron chi connectivity index (χ1n) is 12.9. The monoisotopic (exact) mass is 520 g/mol. The molecule has 2 atom stereocenters. The maximum atomic E-state index is 13.4. The minimum atomic E-state index is -0.783. The molecule has 3 heterocycles. The molecule has 0 unspecified atom stereocenters. The highest BCUT2D eigenvalue weighted by Crippen LogP contribution is 2.40. The number of Topliss-reactive ketones (excluding diaryl/α,β-unsaturated/α-hetero) is 1. The third kappa shape index (κ3) is 5.04. The van der Waals surface area contributed by atoms with Gasteiger partial charge in [0.05, 0.1) is 37.5 Å². The highest BCUT2D eigenvalue weighted by molar-refractivity contribution is 6.46. The Bertz CT molecular complexity index is 1260. The Morgan fingerprint density at radius 2 is 1.76 bits per heavy atom. The largest absolute Gasteiger partial charge is 0.507 e. The molecule has 0 radical (unpaired) electrons. The summed E-state index contributed by atoms with van der Waals surface area (Å²) in [4.78, 5) is 42.4. The van der Waals surface area contributed by atoms with E-state index in [1.165, 1.54) is 12.0 Å². The number of aliphatic hydroxyl groups excluding tert-OH is 1. The van der Waals surface area contributed by atoms with Gasteiger partial charge in [0.1, 0.15) is 17.6 Å². The molecule has 2 aromatic rings. The number of carbonyl (C=O) groups excluding carboxylic acids is 3. The summed E-state index contributed by atoms with van der Waals surface area (Å²) < 4.78 is 16.0. The van der Waals surface area contributed by atoms with Gasteiger partial charge in [0.15, 0.2) is 0 Å². The molecule has 9 heteroatoms. The molecular formula is C29H32N2O7. The molecule has 0 bridgehead atoms. The van der Waals surface area contributed by atoms with Crippen molar-refractivity contribution in [3.63, 3.8) is 0 Å². The Morgan fingerprint density at radius 3 is 2.47 bits per heavy atom. The van der Waals surface area contributed by atoms with Crippen molar-refractivity contribution < 1.29 is 33.7 Å². The van der Waals surface area contributed by atoms with Gasteiger partial charge in [-0.2, -0.15) is 0 Å². The summed E-state index contributed by atoms with van der Waals surface area (Å²) in [7, 11) is 1.31. The molecule has 5 rings (SSSR count). The van der Waals surface area contributed by atoms with E-state index in [1.807, 2.05) is 13.0 Å². The van der Waals surface area contributed by atoms with Gasteiger partial charge in [-0.1, -0.05) is 12.1 Å². The number of amides is 1. The highest BCUT2D eigenvalue weighted by Gasteiger charge is 2.46. The molecule has 3 aliphatic heterocycles. The molecule has 38 heavy (non-hydrogen) atoms. The van der Waals surface area contributed by atoms with E-state index in [0.717, 1.165) is 30.9 Å². The highest BCUT2D eigenvalue weighted by atomic mass is 16.5. The number of benzene rings is 2. The second kappa shape index (κ2) is 11.0. The maximum absolute atomic E-state index is 13.4. The first kappa shape index (κ1) is 25.9.